The van der Waals surface area contributed by atoms with Gasteiger partial charge in [-0.05, 0) is 36.5 Å². The van der Waals surface area contributed by atoms with Gasteiger partial charge in [-0.1, -0.05) is 25.4 Å². The second kappa shape index (κ2) is 5.78. The maximum absolute atomic E-state index is 12.5. The Kier molecular flexibility index (Phi) is 4.57. The Bertz CT molecular complexity index is 678. The van der Waals surface area contributed by atoms with Gasteiger partial charge in [0.05, 0.1) is 5.02 Å². The molecule has 1 saturated heterocycles. The monoisotopic (exact) mass is 349 g/mol. The van der Waals surface area contributed by atoms with E-state index in [0.29, 0.717) is 36.1 Å². The molecule has 0 bridgehead atoms. The summed E-state index contributed by atoms with van der Waals surface area (Å²) in [7, 11) is 1.39. The molecular formula is C14H17Cl2NO3S. The van der Waals surface area contributed by atoms with Gasteiger partial charge in [0.2, 0.25) is 0 Å². The Labute approximate surface area is 134 Å². The quantitative estimate of drug-likeness (QED) is 0.769. The van der Waals surface area contributed by atoms with Crippen LogP contribution in [0.2, 0.25) is 5.02 Å². The third kappa shape index (κ3) is 3.35. The summed E-state index contributed by atoms with van der Waals surface area (Å²) in [6.07, 6.45) is 0. The van der Waals surface area contributed by atoms with Crippen molar-refractivity contribution in [2.75, 3.05) is 13.1 Å². The molecule has 4 nitrogen and oxygen atoms in total. The maximum Gasteiger partial charge on any atom is 0.262 e. The number of amides is 1. The second-order valence-corrected chi connectivity index (χ2v) is 8.62. The zero-order valence-corrected chi connectivity index (χ0v) is 14.4. The van der Waals surface area contributed by atoms with Crippen LogP contribution in [0.5, 0.6) is 0 Å². The van der Waals surface area contributed by atoms with Crippen molar-refractivity contribution >= 4 is 37.2 Å². The van der Waals surface area contributed by atoms with Crippen molar-refractivity contribution in [1.82, 2.24) is 4.90 Å². The lowest BCUT2D eigenvalue weighted by Crippen LogP contribution is -2.29. The number of aryl methyl sites for hydroxylation is 1. The van der Waals surface area contributed by atoms with Crippen molar-refractivity contribution in [2.24, 2.45) is 11.8 Å². The van der Waals surface area contributed by atoms with Crippen molar-refractivity contribution in [1.29, 1.82) is 0 Å². The topological polar surface area (TPSA) is 54.5 Å². The van der Waals surface area contributed by atoms with Gasteiger partial charge in [0.15, 0.2) is 0 Å². The summed E-state index contributed by atoms with van der Waals surface area (Å²) < 4.78 is 23.1. The average Bonchev–Trinajstić information content (AvgIpc) is 2.70. The summed E-state index contributed by atoms with van der Waals surface area (Å²) in [5.41, 5.74) is 0.819. The Balaban J connectivity index is 2.42. The molecule has 0 saturated carbocycles. The van der Waals surface area contributed by atoms with Gasteiger partial charge in [0, 0.05) is 29.3 Å². The van der Waals surface area contributed by atoms with Crippen LogP contribution in [0.3, 0.4) is 0 Å². The molecule has 2 rings (SSSR count). The first kappa shape index (κ1) is 16.6. The van der Waals surface area contributed by atoms with Crippen molar-refractivity contribution < 1.29 is 13.2 Å². The molecule has 1 aromatic carbocycles. The fraction of sp³-hybridized carbons (Fsp3) is 0.500. The third-order valence-electron chi connectivity index (χ3n) is 4.01. The van der Waals surface area contributed by atoms with Gasteiger partial charge in [-0.2, -0.15) is 0 Å². The first-order chi connectivity index (χ1) is 9.61. The highest BCUT2D eigenvalue weighted by atomic mass is 35.7. The number of carbonyl (C=O) groups is 1. The molecule has 1 aliphatic heterocycles. The van der Waals surface area contributed by atoms with Crippen LogP contribution < -0.4 is 0 Å². The smallest absolute Gasteiger partial charge is 0.262 e. The molecule has 2 unspecified atom stereocenters. The van der Waals surface area contributed by atoms with Gasteiger partial charge in [-0.15, -0.1) is 0 Å². The van der Waals surface area contributed by atoms with E-state index in [4.69, 9.17) is 22.3 Å². The first-order valence-electron chi connectivity index (χ1n) is 6.65. The number of hydrogen-bond acceptors (Lipinski definition) is 3. The Morgan fingerprint density at radius 1 is 1.24 bits per heavy atom. The lowest BCUT2D eigenvalue weighted by atomic mass is 10.0. The standard InChI is InChI=1S/C14H17Cl2NO3S/c1-8-4-11(5-12(13(8)15)21(16,19)20)14(18)17-6-9(2)10(3)7-17/h4-5,9-10H,6-7H2,1-3H3. The Hall–Kier alpha value is -0.780. The molecule has 0 spiro atoms. The van der Waals surface area contributed by atoms with Gasteiger partial charge in [0.1, 0.15) is 4.90 Å². The molecule has 2 atom stereocenters. The predicted octanol–water partition coefficient (Wildman–Crippen LogP) is 3.30. The van der Waals surface area contributed by atoms with Crippen LogP contribution in [0, 0.1) is 18.8 Å². The molecule has 116 valence electrons. The minimum atomic E-state index is -3.99. The summed E-state index contributed by atoms with van der Waals surface area (Å²) in [6, 6.07) is 2.86. The number of benzene rings is 1. The van der Waals surface area contributed by atoms with Gasteiger partial charge in [-0.3, -0.25) is 4.79 Å². The summed E-state index contributed by atoms with van der Waals surface area (Å²) >= 11 is 5.97. The van der Waals surface area contributed by atoms with E-state index in [1.165, 1.54) is 6.07 Å². The van der Waals surface area contributed by atoms with Crippen LogP contribution in [0.1, 0.15) is 29.8 Å². The molecule has 1 aliphatic rings. The van der Waals surface area contributed by atoms with E-state index in [0.717, 1.165) is 0 Å². The Morgan fingerprint density at radius 3 is 2.24 bits per heavy atom. The van der Waals surface area contributed by atoms with Crippen molar-refractivity contribution in [3.63, 3.8) is 0 Å². The first-order valence-corrected chi connectivity index (χ1v) is 9.34. The van der Waals surface area contributed by atoms with E-state index in [9.17, 15) is 13.2 Å². The highest BCUT2D eigenvalue weighted by Crippen LogP contribution is 2.31. The highest BCUT2D eigenvalue weighted by Gasteiger charge is 2.31. The van der Waals surface area contributed by atoms with Crippen molar-refractivity contribution in [3.8, 4) is 0 Å². The summed E-state index contributed by atoms with van der Waals surface area (Å²) in [4.78, 5) is 14.1. The van der Waals surface area contributed by atoms with Crippen LogP contribution in [-0.4, -0.2) is 32.3 Å². The van der Waals surface area contributed by atoms with Gasteiger partial charge in [-0.25, -0.2) is 8.42 Å². The number of rotatable bonds is 2. The highest BCUT2D eigenvalue weighted by molar-refractivity contribution is 8.13. The number of halogens is 2. The molecule has 0 aliphatic carbocycles. The van der Waals surface area contributed by atoms with E-state index < -0.39 is 9.05 Å². The molecular weight excluding hydrogens is 333 g/mol. The molecule has 7 heteroatoms. The maximum atomic E-state index is 12.5. The minimum absolute atomic E-state index is 0.0599. The number of hydrogen-bond donors (Lipinski definition) is 0. The fourth-order valence-electron chi connectivity index (χ4n) is 2.52. The average molecular weight is 350 g/mol. The van der Waals surface area contributed by atoms with E-state index in [2.05, 4.69) is 13.8 Å². The number of nitrogens with zero attached hydrogens (tertiary/aromatic N) is 1. The van der Waals surface area contributed by atoms with Crippen LogP contribution in [0.15, 0.2) is 17.0 Å². The van der Waals surface area contributed by atoms with E-state index in [1.54, 1.807) is 17.9 Å². The third-order valence-corrected chi connectivity index (χ3v) is 5.97. The van der Waals surface area contributed by atoms with Crippen LogP contribution in [-0.2, 0) is 9.05 Å². The van der Waals surface area contributed by atoms with Crippen molar-refractivity contribution in [3.05, 3.63) is 28.3 Å². The van der Waals surface area contributed by atoms with Gasteiger partial charge in [0.25, 0.3) is 15.0 Å². The number of carbonyl (C=O) groups excluding carboxylic acids is 1. The van der Waals surface area contributed by atoms with Gasteiger partial charge >= 0.3 is 0 Å². The van der Waals surface area contributed by atoms with Crippen molar-refractivity contribution in [2.45, 2.75) is 25.7 Å². The fourth-order valence-corrected chi connectivity index (χ4v) is 4.06. The van der Waals surface area contributed by atoms with E-state index in [-0.39, 0.29) is 15.8 Å². The molecule has 1 fully saturated rings. The van der Waals surface area contributed by atoms with E-state index >= 15 is 0 Å². The lowest BCUT2D eigenvalue weighted by molar-refractivity contribution is 0.0784. The Morgan fingerprint density at radius 2 is 1.76 bits per heavy atom. The molecule has 21 heavy (non-hydrogen) atoms. The SMILES string of the molecule is Cc1cc(C(=O)N2CC(C)C(C)C2)cc(S(=O)(=O)Cl)c1Cl. The van der Waals surface area contributed by atoms with Gasteiger partial charge < -0.3 is 4.90 Å². The molecule has 1 aromatic rings. The second-order valence-electron chi connectivity index (χ2n) is 5.71. The zero-order valence-electron chi connectivity index (χ0n) is 12.1. The molecule has 0 aromatic heterocycles. The summed E-state index contributed by atoms with van der Waals surface area (Å²) in [5.74, 6) is 0.671. The predicted molar refractivity (Wildman–Crippen MR) is 83.5 cm³/mol. The molecule has 1 heterocycles. The van der Waals surface area contributed by atoms with E-state index in [1.807, 2.05) is 0 Å². The summed E-state index contributed by atoms with van der Waals surface area (Å²) in [6.45, 7) is 7.19. The molecule has 0 radical (unpaired) electrons. The molecule has 0 N–H and O–H groups in total. The van der Waals surface area contributed by atoms with Crippen LogP contribution in [0.25, 0.3) is 0 Å². The zero-order chi connectivity index (χ0) is 15.9. The van der Waals surface area contributed by atoms with Crippen LogP contribution >= 0.6 is 22.3 Å². The normalized spacial score (nSPS) is 22.6. The number of likely N-dealkylation sites (tertiary alicyclic amines) is 1. The van der Waals surface area contributed by atoms with Crippen LogP contribution in [0.4, 0.5) is 0 Å². The minimum Gasteiger partial charge on any atom is -0.338 e. The largest absolute Gasteiger partial charge is 0.338 e. The summed E-state index contributed by atoms with van der Waals surface area (Å²) in [5, 5.41) is 0.0599. The lowest BCUT2D eigenvalue weighted by Gasteiger charge is -2.17. The molecule has 1 amide bonds.